The van der Waals surface area contributed by atoms with Gasteiger partial charge < -0.3 is 14.4 Å². The third-order valence-electron chi connectivity index (χ3n) is 4.89. The number of aryl methyl sites for hydroxylation is 1. The molecular weight excluding hydrogens is 370 g/mol. The molecule has 0 bridgehead atoms. The van der Waals surface area contributed by atoms with Crippen LogP contribution in [0.3, 0.4) is 0 Å². The molecule has 29 heavy (non-hydrogen) atoms. The number of aromatic nitrogens is 4. The predicted molar refractivity (Wildman–Crippen MR) is 106 cm³/mol. The molecule has 0 saturated carbocycles. The van der Waals surface area contributed by atoms with Gasteiger partial charge in [0.25, 0.3) is 5.91 Å². The maximum Gasteiger partial charge on any atom is 0.260 e. The van der Waals surface area contributed by atoms with Crippen molar-refractivity contribution < 1.29 is 14.3 Å². The van der Waals surface area contributed by atoms with Crippen molar-refractivity contribution in [2.75, 3.05) is 19.7 Å². The molecule has 150 valence electrons. The molecule has 1 aromatic carbocycles. The van der Waals surface area contributed by atoms with Gasteiger partial charge in [0.2, 0.25) is 5.88 Å². The highest BCUT2D eigenvalue weighted by Crippen LogP contribution is 2.19. The number of piperidine rings is 1. The van der Waals surface area contributed by atoms with Crippen molar-refractivity contribution in [3.63, 3.8) is 0 Å². The van der Waals surface area contributed by atoms with E-state index in [0.717, 1.165) is 24.2 Å². The Morgan fingerprint density at radius 2 is 1.93 bits per heavy atom. The standard InChI is InChI=1S/C21H23N5O3/c1-16-5-2-3-6-18(16)28-15-21(27)25-13-9-17(10-14-25)29-20-8-7-19(23-24-20)26-12-4-11-22-26/h2-8,11-12,17H,9-10,13-15H2,1H3. The number of likely N-dealkylation sites (tertiary alicyclic amines) is 1. The molecule has 4 rings (SSSR count). The molecule has 0 N–H and O–H groups in total. The predicted octanol–water partition coefficient (Wildman–Crippen LogP) is 2.42. The van der Waals surface area contributed by atoms with Crippen LogP contribution in [0.5, 0.6) is 11.6 Å². The summed E-state index contributed by atoms with van der Waals surface area (Å²) in [6.45, 7) is 3.29. The average molecular weight is 393 g/mol. The van der Waals surface area contributed by atoms with Crippen LogP contribution in [0, 0.1) is 6.92 Å². The summed E-state index contributed by atoms with van der Waals surface area (Å²) in [7, 11) is 0. The zero-order valence-electron chi connectivity index (χ0n) is 16.3. The van der Waals surface area contributed by atoms with E-state index in [0.29, 0.717) is 24.8 Å². The number of hydrogen-bond donors (Lipinski definition) is 0. The van der Waals surface area contributed by atoms with Gasteiger partial charge in [-0.2, -0.15) is 5.10 Å². The molecule has 0 radical (unpaired) electrons. The molecule has 1 aliphatic heterocycles. The summed E-state index contributed by atoms with van der Waals surface area (Å²) in [5.74, 6) is 1.86. The molecular formula is C21H23N5O3. The number of para-hydroxylation sites is 1. The van der Waals surface area contributed by atoms with E-state index in [1.54, 1.807) is 23.1 Å². The topological polar surface area (TPSA) is 82.4 Å². The van der Waals surface area contributed by atoms with Crippen LogP contribution in [0.2, 0.25) is 0 Å². The van der Waals surface area contributed by atoms with Gasteiger partial charge in [-0.15, -0.1) is 10.2 Å². The number of amides is 1. The minimum Gasteiger partial charge on any atom is -0.484 e. The van der Waals surface area contributed by atoms with Crippen molar-refractivity contribution in [1.82, 2.24) is 24.9 Å². The normalized spacial score (nSPS) is 14.6. The largest absolute Gasteiger partial charge is 0.484 e. The Balaban J connectivity index is 1.24. The molecule has 3 heterocycles. The van der Waals surface area contributed by atoms with E-state index < -0.39 is 0 Å². The summed E-state index contributed by atoms with van der Waals surface area (Å²) in [6, 6.07) is 13.1. The van der Waals surface area contributed by atoms with Gasteiger partial charge in [0.05, 0.1) is 0 Å². The first-order valence-electron chi connectivity index (χ1n) is 9.65. The molecule has 1 saturated heterocycles. The highest BCUT2D eigenvalue weighted by atomic mass is 16.5. The van der Waals surface area contributed by atoms with Crippen LogP contribution in [0.15, 0.2) is 54.9 Å². The number of nitrogens with zero attached hydrogens (tertiary/aromatic N) is 5. The zero-order valence-corrected chi connectivity index (χ0v) is 16.3. The Bertz CT molecular complexity index is 935. The lowest BCUT2D eigenvalue weighted by Gasteiger charge is -2.31. The second-order valence-electron chi connectivity index (χ2n) is 6.93. The minimum absolute atomic E-state index is 0.00456. The number of carbonyl (C=O) groups excluding carboxylic acids is 1. The average Bonchev–Trinajstić information content (AvgIpc) is 3.29. The first-order valence-corrected chi connectivity index (χ1v) is 9.65. The quantitative estimate of drug-likeness (QED) is 0.640. The first-order chi connectivity index (χ1) is 14.2. The van der Waals surface area contributed by atoms with Crippen LogP contribution in [-0.2, 0) is 4.79 Å². The highest BCUT2D eigenvalue weighted by Gasteiger charge is 2.24. The molecule has 8 nitrogen and oxygen atoms in total. The van der Waals surface area contributed by atoms with Crippen LogP contribution < -0.4 is 9.47 Å². The van der Waals surface area contributed by atoms with E-state index >= 15 is 0 Å². The van der Waals surface area contributed by atoms with Gasteiger partial charge in [-0.1, -0.05) is 18.2 Å². The molecule has 0 aliphatic carbocycles. The highest BCUT2D eigenvalue weighted by molar-refractivity contribution is 5.77. The van der Waals surface area contributed by atoms with E-state index in [1.165, 1.54) is 0 Å². The van der Waals surface area contributed by atoms with Crippen LogP contribution in [0.25, 0.3) is 5.82 Å². The van der Waals surface area contributed by atoms with Gasteiger partial charge in [-0.3, -0.25) is 4.79 Å². The van der Waals surface area contributed by atoms with E-state index in [2.05, 4.69) is 15.3 Å². The summed E-state index contributed by atoms with van der Waals surface area (Å²) < 4.78 is 13.2. The Hall–Kier alpha value is -3.42. The van der Waals surface area contributed by atoms with Crippen molar-refractivity contribution in [3.05, 3.63) is 60.4 Å². The summed E-state index contributed by atoms with van der Waals surface area (Å²) in [5.41, 5.74) is 1.02. The van der Waals surface area contributed by atoms with Crippen LogP contribution in [0.4, 0.5) is 0 Å². The minimum atomic E-state index is -0.00456. The second kappa shape index (κ2) is 8.72. The first kappa shape index (κ1) is 18.9. The van der Waals surface area contributed by atoms with Crippen LogP contribution in [0.1, 0.15) is 18.4 Å². The van der Waals surface area contributed by atoms with Gasteiger partial charge >= 0.3 is 0 Å². The zero-order chi connectivity index (χ0) is 20.1. The third-order valence-corrected chi connectivity index (χ3v) is 4.89. The molecule has 1 amide bonds. The number of ether oxygens (including phenoxy) is 2. The number of carbonyl (C=O) groups is 1. The van der Waals surface area contributed by atoms with E-state index in [-0.39, 0.29) is 18.6 Å². The molecule has 0 atom stereocenters. The molecule has 3 aromatic rings. The molecule has 8 heteroatoms. The van der Waals surface area contributed by atoms with Gasteiger partial charge in [-0.05, 0) is 30.7 Å². The lowest BCUT2D eigenvalue weighted by atomic mass is 10.1. The van der Waals surface area contributed by atoms with E-state index in [1.807, 2.05) is 48.2 Å². The number of hydrogen-bond acceptors (Lipinski definition) is 6. The van der Waals surface area contributed by atoms with Crippen LogP contribution in [-0.4, -0.2) is 56.6 Å². The monoisotopic (exact) mass is 393 g/mol. The summed E-state index contributed by atoms with van der Waals surface area (Å²) >= 11 is 0. The van der Waals surface area contributed by atoms with Crippen molar-refractivity contribution in [1.29, 1.82) is 0 Å². The fourth-order valence-electron chi connectivity index (χ4n) is 3.25. The fourth-order valence-corrected chi connectivity index (χ4v) is 3.25. The van der Waals surface area contributed by atoms with Crippen molar-refractivity contribution in [2.24, 2.45) is 0 Å². The molecule has 2 aromatic heterocycles. The van der Waals surface area contributed by atoms with Gasteiger partial charge in [-0.25, -0.2) is 4.68 Å². The molecule has 1 aliphatic rings. The summed E-state index contributed by atoms with van der Waals surface area (Å²) in [5, 5.41) is 12.4. The van der Waals surface area contributed by atoms with Crippen molar-refractivity contribution in [3.8, 4) is 17.4 Å². The molecule has 1 fully saturated rings. The Kier molecular flexibility index (Phi) is 5.69. The summed E-state index contributed by atoms with van der Waals surface area (Å²) in [6.07, 6.45) is 5.01. The fraction of sp³-hybridized carbons (Fsp3) is 0.333. The van der Waals surface area contributed by atoms with Gasteiger partial charge in [0.15, 0.2) is 12.4 Å². The Morgan fingerprint density at radius 1 is 1.10 bits per heavy atom. The van der Waals surface area contributed by atoms with Crippen LogP contribution >= 0.6 is 0 Å². The lowest BCUT2D eigenvalue weighted by Crippen LogP contribution is -2.43. The number of benzene rings is 1. The summed E-state index contributed by atoms with van der Waals surface area (Å²) in [4.78, 5) is 14.3. The maximum absolute atomic E-state index is 12.4. The van der Waals surface area contributed by atoms with Gasteiger partial charge in [0.1, 0.15) is 11.9 Å². The van der Waals surface area contributed by atoms with E-state index in [4.69, 9.17) is 9.47 Å². The van der Waals surface area contributed by atoms with Crippen molar-refractivity contribution >= 4 is 5.91 Å². The Morgan fingerprint density at radius 3 is 2.62 bits per heavy atom. The number of rotatable bonds is 6. The Labute approximate surface area is 169 Å². The lowest BCUT2D eigenvalue weighted by molar-refractivity contribution is -0.135. The smallest absolute Gasteiger partial charge is 0.260 e. The third kappa shape index (κ3) is 4.71. The second-order valence-corrected chi connectivity index (χ2v) is 6.93. The molecule has 0 unspecified atom stereocenters. The SMILES string of the molecule is Cc1ccccc1OCC(=O)N1CCC(Oc2ccc(-n3cccn3)nn2)CC1. The molecule has 0 spiro atoms. The van der Waals surface area contributed by atoms with Crippen molar-refractivity contribution in [2.45, 2.75) is 25.9 Å². The van der Waals surface area contributed by atoms with E-state index in [9.17, 15) is 4.79 Å². The maximum atomic E-state index is 12.4. The van der Waals surface area contributed by atoms with Gasteiger partial charge in [0, 0.05) is 44.4 Å².